The molecule has 8 heteroatoms. The highest BCUT2D eigenvalue weighted by molar-refractivity contribution is 7.09. The standard InChI is InChI=1S/C15H18N4O3S/c1-3-19(15-16-10(2)18-23-15)9-14(20)17-11-4-5-12-13(8-11)22-7-6-21-12/h4-5,8H,3,6-7,9H2,1-2H3,(H,17,20). The SMILES string of the molecule is CCN(CC(=O)Nc1ccc2c(c1)OCCO2)c1nc(C)ns1. The van der Waals surface area contributed by atoms with Gasteiger partial charge in [-0.1, -0.05) is 0 Å². The van der Waals surface area contributed by atoms with E-state index in [1.165, 1.54) is 11.5 Å². The van der Waals surface area contributed by atoms with Gasteiger partial charge in [0.1, 0.15) is 19.0 Å². The minimum Gasteiger partial charge on any atom is -0.486 e. The number of benzene rings is 1. The van der Waals surface area contributed by atoms with Crippen LogP contribution in [0.5, 0.6) is 11.5 Å². The van der Waals surface area contributed by atoms with Crippen LogP contribution in [0.2, 0.25) is 0 Å². The maximum absolute atomic E-state index is 12.3. The number of aromatic nitrogens is 2. The molecule has 2 heterocycles. The van der Waals surface area contributed by atoms with Crippen molar-refractivity contribution < 1.29 is 14.3 Å². The van der Waals surface area contributed by atoms with E-state index in [0.717, 1.165) is 11.0 Å². The highest BCUT2D eigenvalue weighted by Crippen LogP contribution is 2.32. The van der Waals surface area contributed by atoms with E-state index in [9.17, 15) is 4.79 Å². The Morgan fingerprint density at radius 3 is 2.83 bits per heavy atom. The predicted octanol–water partition coefficient (Wildman–Crippen LogP) is 2.08. The largest absolute Gasteiger partial charge is 0.486 e. The number of aryl methyl sites for hydroxylation is 1. The summed E-state index contributed by atoms with van der Waals surface area (Å²) >= 11 is 1.30. The molecule has 0 radical (unpaired) electrons. The zero-order chi connectivity index (χ0) is 16.2. The molecule has 122 valence electrons. The van der Waals surface area contributed by atoms with Gasteiger partial charge in [0.2, 0.25) is 11.0 Å². The van der Waals surface area contributed by atoms with Crippen molar-refractivity contribution in [3.8, 4) is 11.5 Å². The summed E-state index contributed by atoms with van der Waals surface area (Å²) < 4.78 is 15.1. The number of amides is 1. The first kappa shape index (κ1) is 15.5. The lowest BCUT2D eigenvalue weighted by atomic mass is 10.2. The van der Waals surface area contributed by atoms with E-state index >= 15 is 0 Å². The van der Waals surface area contributed by atoms with Crippen LogP contribution in [0.4, 0.5) is 10.8 Å². The van der Waals surface area contributed by atoms with E-state index in [1.807, 2.05) is 18.7 Å². The van der Waals surface area contributed by atoms with Crippen molar-refractivity contribution in [2.75, 3.05) is 36.5 Å². The molecule has 1 aromatic carbocycles. The van der Waals surface area contributed by atoms with Crippen LogP contribution in [0.15, 0.2) is 18.2 Å². The summed E-state index contributed by atoms with van der Waals surface area (Å²) in [4.78, 5) is 18.5. The zero-order valence-corrected chi connectivity index (χ0v) is 13.9. The van der Waals surface area contributed by atoms with E-state index in [2.05, 4.69) is 14.7 Å². The minimum absolute atomic E-state index is 0.114. The fraction of sp³-hybridized carbons (Fsp3) is 0.400. The number of hydrogen-bond acceptors (Lipinski definition) is 7. The second-order valence-corrected chi connectivity index (χ2v) is 5.78. The third-order valence-electron chi connectivity index (χ3n) is 3.33. The molecule has 1 aromatic heterocycles. The molecule has 0 spiro atoms. The van der Waals surface area contributed by atoms with Crippen LogP contribution in [0.3, 0.4) is 0 Å². The van der Waals surface area contributed by atoms with Crippen LogP contribution in [-0.4, -0.2) is 41.6 Å². The molecule has 0 bridgehead atoms. The van der Waals surface area contributed by atoms with E-state index in [-0.39, 0.29) is 12.5 Å². The van der Waals surface area contributed by atoms with Gasteiger partial charge in [0.05, 0.1) is 6.54 Å². The topological polar surface area (TPSA) is 76.6 Å². The van der Waals surface area contributed by atoms with Crippen molar-refractivity contribution in [3.63, 3.8) is 0 Å². The molecule has 0 saturated carbocycles. The number of nitrogens with one attached hydrogen (secondary N) is 1. The number of carbonyl (C=O) groups excluding carboxylic acids is 1. The number of nitrogens with zero attached hydrogens (tertiary/aromatic N) is 3. The van der Waals surface area contributed by atoms with E-state index in [0.29, 0.717) is 36.9 Å². The minimum atomic E-state index is -0.114. The Hall–Kier alpha value is -2.35. The molecule has 0 saturated heterocycles. The van der Waals surface area contributed by atoms with Gasteiger partial charge in [-0.05, 0) is 26.0 Å². The van der Waals surface area contributed by atoms with Gasteiger partial charge in [-0.2, -0.15) is 4.37 Å². The molecule has 0 unspecified atom stereocenters. The van der Waals surface area contributed by atoms with Gasteiger partial charge in [-0.3, -0.25) is 4.79 Å². The second-order valence-electron chi connectivity index (χ2n) is 5.04. The summed E-state index contributed by atoms with van der Waals surface area (Å²) in [6.07, 6.45) is 0. The molecule has 0 fully saturated rings. The first-order chi connectivity index (χ1) is 11.2. The van der Waals surface area contributed by atoms with Crippen molar-refractivity contribution in [2.24, 2.45) is 0 Å². The number of likely N-dealkylation sites (N-methyl/N-ethyl adjacent to an activating group) is 1. The summed E-state index contributed by atoms with van der Waals surface area (Å²) in [5.74, 6) is 1.96. The number of ether oxygens (including phenoxy) is 2. The highest BCUT2D eigenvalue weighted by Gasteiger charge is 2.16. The second kappa shape index (κ2) is 6.82. The summed E-state index contributed by atoms with van der Waals surface area (Å²) in [7, 11) is 0. The third kappa shape index (κ3) is 3.70. The Balaban J connectivity index is 1.64. The Morgan fingerprint density at radius 1 is 1.35 bits per heavy atom. The first-order valence-electron chi connectivity index (χ1n) is 7.40. The third-order valence-corrected chi connectivity index (χ3v) is 4.20. The first-order valence-corrected chi connectivity index (χ1v) is 8.18. The average Bonchev–Trinajstić information content (AvgIpc) is 2.99. The summed E-state index contributed by atoms with van der Waals surface area (Å²) in [5.41, 5.74) is 0.684. The van der Waals surface area contributed by atoms with Gasteiger partial charge in [-0.15, -0.1) is 0 Å². The normalized spacial score (nSPS) is 12.8. The van der Waals surface area contributed by atoms with Crippen molar-refractivity contribution in [1.82, 2.24) is 9.36 Å². The van der Waals surface area contributed by atoms with E-state index in [1.54, 1.807) is 18.2 Å². The number of fused-ring (bicyclic) bond motifs is 1. The van der Waals surface area contributed by atoms with Gasteiger partial charge in [-0.25, -0.2) is 4.98 Å². The molecule has 7 nitrogen and oxygen atoms in total. The Bertz CT molecular complexity index is 704. The van der Waals surface area contributed by atoms with E-state index in [4.69, 9.17) is 9.47 Å². The van der Waals surface area contributed by atoms with Crippen molar-refractivity contribution in [2.45, 2.75) is 13.8 Å². The average molecular weight is 334 g/mol. The summed E-state index contributed by atoms with van der Waals surface area (Å²) in [6, 6.07) is 5.38. The Kier molecular flexibility index (Phi) is 4.61. The maximum Gasteiger partial charge on any atom is 0.243 e. The Labute approximate surface area is 138 Å². The molecule has 1 amide bonds. The van der Waals surface area contributed by atoms with Crippen molar-refractivity contribution >= 4 is 28.3 Å². The van der Waals surface area contributed by atoms with Gasteiger partial charge >= 0.3 is 0 Å². The molecule has 3 rings (SSSR count). The molecule has 0 aliphatic carbocycles. The predicted molar refractivity (Wildman–Crippen MR) is 88.6 cm³/mol. The highest BCUT2D eigenvalue weighted by atomic mass is 32.1. The van der Waals surface area contributed by atoms with Crippen LogP contribution in [0.25, 0.3) is 0 Å². The summed E-state index contributed by atoms with van der Waals surface area (Å²) in [6.45, 7) is 5.79. The molecule has 1 N–H and O–H groups in total. The lowest BCUT2D eigenvalue weighted by molar-refractivity contribution is -0.115. The van der Waals surface area contributed by atoms with Crippen LogP contribution < -0.4 is 19.7 Å². The fourth-order valence-corrected chi connectivity index (χ4v) is 2.96. The van der Waals surface area contributed by atoms with Crippen molar-refractivity contribution in [1.29, 1.82) is 0 Å². The number of rotatable bonds is 5. The molecular formula is C15H18N4O3S. The lowest BCUT2D eigenvalue weighted by Crippen LogP contribution is -2.33. The van der Waals surface area contributed by atoms with E-state index < -0.39 is 0 Å². The molecule has 23 heavy (non-hydrogen) atoms. The fourth-order valence-electron chi connectivity index (χ4n) is 2.22. The molecule has 2 aromatic rings. The number of anilines is 2. The summed E-state index contributed by atoms with van der Waals surface area (Å²) in [5, 5.41) is 3.63. The van der Waals surface area contributed by atoms with Gasteiger partial charge < -0.3 is 19.7 Å². The lowest BCUT2D eigenvalue weighted by Gasteiger charge is -2.20. The maximum atomic E-state index is 12.3. The molecular weight excluding hydrogens is 316 g/mol. The smallest absolute Gasteiger partial charge is 0.243 e. The van der Waals surface area contributed by atoms with Gasteiger partial charge in [0, 0.05) is 29.8 Å². The van der Waals surface area contributed by atoms with Crippen molar-refractivity contribution in [3.05, 3.63) is 24.0 Å². The molecule has 1 aliphatic heterocycles. The molecule has 0 atom stereocenters. The number of carbonyl (C=O) groups is 1. The monoisotopic (exact) mass is 334 g/mol. The molecule has 1 aliphatic rings. The Morgan fingerprint density at radius 2 is 2.13 bits per heavy atom. The van der Waals surface area contributed by atoms with Crippen LogP contribution in [0, 0.1) is 6.92 Å². The quantitative estimate of drug-likeness (QED) is 0.902. The van der Waals surface area contributed by atoms with Gasteiger partial charge in [0.25, 0.3) is 0 Å². The zero-order valence-electron chi connectivity index (χ0n) is 13.0. The van der Waals surface area contributed by atoms with Gasteiger partial charge in [0.15, 0.2) is 11.5 Å². The van der Waals surface area contributed by atoms with Crippen LogP contribution >= 0.6 is 11.5 Å². The number of hydrogen-bond donors (Lipinski definition) is 1. The van der Waals surface area contributed by atoms with Crippen LogP contribution in [-0.2, 0) is 4.79 Å². The van der Waals surface area contributed by atoms with Crippen LogP contribution in [0.1, 0.15) is 12.7 Å².